The van der Waals surface area contributed by atoms with Crippen molar-refractivity contribution in [2.45, 2.75) is 25.3 Å². The van der Waals surface area contributed by atoms with Crippen LogP contribution in [-0.4, -0.2) is 23.2 Å². The average molecular weight is 348 g/mol. The van der Waals surface area contributed by atoms with Crippen LogP contribution in [0.25, 0.3) is 0 Å². The van der Waals surface area contributed by atoms with E-state index in [0.717, 1.165) is 11.3 Å². The van der Waals surface area contributed by atoms with Crippen LogP contribution in [0.3, 0.4) is 0 Å². The second-order valence-electron chi connectivity index (χ2n) is 5.16. The van der Waals surface area contributed by atoms with E-state index in [-0.39, 0.29) is 4.90 Å². The van der Waals surface area contributed by atoms with E-state index >= 15 is 0 Å². The van der Waals surface area contributed by atoms with Gasteiger partial charge in [-0.3, -0.25) is 9.40 Å². The summed E-state index contributed by atoms with van der Waals surface area (Å²) in [7, 11) is -3.69. The predicted molar refractivity (Wildman–Crippen MR) is 90.2 cm³/mol. The molecule has 0 aliphatic rings. The van der Waals surface area contributed by atoms with Gasteiger partial charge in [0.15, 0.2) is 5.13 Å². The number of nitrogens with one attached hydrogen (secondary N) is 1. The van der Waals surface area contributed by atoms with Gasteiger partial charge in [-0.15, -0.1) is 11.3 Å². The molecule has 0 fully saturated rings. The Bertz CT molecular complexity index is 914. The van der Waals surface area contributed by atoms with Gasteiger partial charge in [0.05, 0.1) is 17.9 Å². The van der Waals surface area contributed by atoms with E-state index in [2.05, 4.69) is 14.8 Å². The topological polar surface area (TPSA) is 76.9 Å². The number of benzene rings is 1. The minimum atomic E-state index is -3.69. The Morgan fingerprint density at radius 1 is 1.22 bits per heavy atom. The average Bonchev–Trinajstić information content (AvgIpc) is 3.06. The van der Waals surface area contributed by atoms with Gasteiger partial charge in [0.2, 0.25) is 0 Å². The zero-order valence-corrected chi connectivity index (χ0v) is 14.4. The van der Waals surface area contributed by atoms with Crippen LogP contribution < -0.4 is 4.72 Å². The van der Waals surface area contributed by atoms with Crippen LogP contribution >= 0.6 is 11.3 Å². The third-order valence-electron chi connectivity index (χ3n) is 3.22. The quantitative estimate of drug-likeness (QED) is 0.769. The van der Waals surface area contributed by atoms with E-state index < -0.39 is 10.0 Å². The van der Waals surface area contributed by atoms with Gasteiger partial charge in [-0.2, -0.15) is 5.10 Å². The largest absolute Gasteiger partial charge is 0.267 e. The summed E-state index contributed by atoms with van der Waals surface area (Å²) in [5.74, 6) is 0. The number of aromatic nitrogens is 3. The van der Waals surface area contributed by atoms with E-state index in [0.29, 0.717) is 17.4 Å². The zero-order chi connectivity index (χ0) is 16.4. The Balaban J connectivity index is 1.85. The number of hydrogen-bond acceptors (Lipinski definition) is 5. The number of sulfonamides is 1. The number of aryl methyl sites for hydroxylation is 2. The minimum absolute atomic E-state index is 0.168. The van der Waals surface area contributed by atoms with Crippen molar-refractivity contribution in [3.05, 3.63) is 58.9 Å². The summed E-state index contributed by atoms with van der Waals surface area (Å²) >= 11 is 1.26. The van der Waals surface area contributed by atoms with E-state index in [4.69, 9.17) is 0 Å². The molecule has 23 heavy (non-hydrogen) atoms. The zero-order valence-electron chi connectivity index (χ0n) is 12.7. The number of anilines is 1. The highest BCUT2D eigenvalue weighted by Gasteiger charge is 2.21. The Morgan fingerprint density at radius 2 is 1.96 bits per heavy atom. The van der Waals surface area contributed by atoms with Crippen molar-refractivity contribution in [2.24, 2.45) is 0 Å². The molecule has 0 aliphatic carbocycles. The summed E-state index contributed by atoms with van der Waals surface area (Å²) in [6.07, 6.45) is 1.55. The van der Waals surface area contributed by atoms with Crippen molar-refractivity contribution in [3.8, 4) is 0 Å². The van der Waals surface area contributed by atoms with Crippen molar-refractivity contribution >= 4 is 26.5 Å². The summed E-state index contributed by atoms with van der Waals surface area (Å²) < 4.78 is 29.1. The Morgan fingerprint density at radius 3 is 2.61 bits per heavy atom. The van der Waals surface area contributed by atoms with Crippen molar-refractivity contribution in [2.75, 3.05) is 4.72 Å². The highest BCUT2D eigenvalue weighted by atomic mass is 32.2. The molecular formula is C15H16N4O2S2. The molecule has 1 N–H and O–H groups in total. The lowest BCUT2D eigenvalue weighted by Gasteiger charge is -2.03. The molecule has 6 nitrogen and oxygen atoms in total. The van der Waals surface area contributed by atoms with Crippen molar-refractivity contribution in [3.63, 3.8) is 0 Å². The fourth-order valence-electron chi connectivity index (χ4n) is 2.19. The van der Waals surface area contributed by atoms with Crippen molar-refractivity contribution in [1.82, 2.24) is 14.8 Å². The number of hydrogen-bond donors (Lipinski definition) is 1. The molecule has 0 spiro atoms. The van der Waals surface area contributed by atoms with Crippen molar-refractivity contribution < 1.29 is 8.42 Å². The molecule has 120 valence electrons. The molecule has 0 unspecified atom stereocenters. The molecular weight excluding hydrogens is 332 g/mol. The number of thiazole rings is 1. The minimum Gasteiger partial charge on any atom is -0.267 e. The molecule has 2 aromatic heterocycles. The summed E-state index contributed by atoms with van der Waals surface area (Å²) in [6, 6.07) is 9.77. The molecule has 0 amide bonds. The second kappa shape index (κ2) is 6.13. The van der Waals surface area contributed by atoms with Crippen LogP contribution in [0.5, 0.6) is 0 Å². The van der Waals surface area contributed by atoms with Crippen LogP contribution in [0.15, 0.2) is 46.8 Å². The van der Waals surface area contributed by atoms with E-state index in [9.17, 15) is 8.42 Å². The summed E-state index contributed by atoms with van der Waals surface area (Å²) in [5, 5.41) is 6.45. The maximum atomic E-state index is 12.5. The first-order chi connectivity index (χ1) is 10.9. The highest BCUT2D eigenvalue weighted by Crippen LogP contribution is 2.21. The lowest BCUT2D eigenvalue weighted by Crippen LogP contribution is -2.13. The molecule has 3 rings (SSSR count). The molecule has 0 saturated heterocycles. The Labute approximate surface area is 138 Å². The molecule has 0 bridgehead atoms. The molecule has 3 aromatic rings. The Hall–Kier alpha value is -2.19. The van der Waals surface area contributed by atoms with Gasteiger partial charge in [0, 0.05) is 11.6 Å². The molecule has 0 saturated carbocycles. The SMILES string of the molecule is Cc1csc(NS(=O)(=O)c2cn(Cc3ccccc3)nc2C)n1. The third-order valence-corrected chi connectivity index (χ3v) is 5.67. The van der Waals surface area contributed by atoms with Crippen LogP contribution in [0, 0.1) is 13.8 Å². The van der Waals surface area contributed by atoms with E-state index in [1.807, 2.05) is 37.3 Å². The highest BCUT2D eigenvalue weighted by molar-refractivity contribution is 7.93. The first-order valence-electron chi connectivity index (χ1n) is 6.97. The normalized spacial score (nSPS) is 11.6. The fraction of sp³-hybridized carbons (Fsp3) is 0.200. The molecule has 2 heterocycles. The maximum absolute atomic E-state index is 12.5. The number of nitrogens with zero attached hydrogens (tertiary/aromatic N) is 3. The van der Waals surface area contributed by atoms with Crippen LogP contribution in [0.4, 0.5) is 5.13 Å². The predicted octanol–water partition coefficient (Wildman–Crippen LogP) is 2.81. The molecule has 0 atom stereocenters. The third kappa shape index (κ3) is 3.59. The summed E-state index contributed by atoms with van der Waals surface area (Å²) in [6.45, 7) is 4.02. The van der Waals surface area contributed by atoms with Gasteiger partial charge in [0.1, 0.15) is 4.90 Å². The lowest BCUT2D eigenvalue weighted by atomic mass is 10.2. The summed E-state index contributed by atoms with van der Waals surface area (Å²) in [5.41, 5.74) is 2.30. The molecule has 0 aliphatic heterocycles. The van der Waals surface area contributed by atoms with E-state index in [1.165, 1.54) is 11.3 Å². The van der Waals surface area contributed by atoms with Crippen LogP contribution in [0.1, 0.15) is 17.0 Å². The smallest absolute Gasteiger partial charge is 0.267 e. The van der Waals surface area contributed by atoms with Gasteiger partial charge in [0.25, 0.3) is 10.0 Å². The first kappa shape index (κ1) is 15.7. The van der Waals surface area contributed by atoms with Crippen LogP contribution in [-0.2, 0) is 16.6 Å². The lowest BCUT2D eigenvalue weighted by molar-refractivity contribution is 0.600. The van der Waals surface area contributed by atoms with Crippen LogP contribution in [0.2, 0.25) is 0 Å². The van der Waals surface area contributed by atoms with Crippen molar-refractivity contribution in [1.29, 1.82) is 0 Å². The standard InChI is InChI=1S/C15H16N4O2S2/c1-11-10-22-15(16-11)18-23(20,21)14-9-19(17-12(14)2)8-13-6-4-3-5-7-13/h3-7,9-10H,8H2,1-2H3,(H,16,18). The molecule has 8 heteroatoms. The molecule has 0 radical (unpaired) electrons. The van der Waals surface area contributed by atoms with Gasteiger partial charge in [-0.05, 0) is 19.4 Å². The summed E-state index contributed by atoms with van der Waals surface area (Å²) in [4.78, 5) is 4.29. The van der Waals surface area contributed by atoms with E-state index in [1.54, 1.807) is 23.2 Å². The van der Waals surface area contributed by atoms with Gasteiger partial charge in [-0.25, -0.2) is 13.4 Å². The fourth-order valence-corrected chi connectivity index (χ4v) is 4.31. The van der Waals surface area contributed by atoms with Gasteiger partial charge in [-0.1, -0.05) is 30.3 Å². The Kier molecular flexibility index (Phi) is 4.18. The van der Waals surface area contributed by atoms with Gasteiger partial charge >= 0.3 is 0 Å². The molecule has 1 aromatic carbocycles. The first-order valence-corrected chi connectivity index (χ1v) is 9.33. The second-order valence-corrected chi connectivity index (χ2v) is 7.67. The maximum Gasteiger partial charge on any atom is 0.267 e. The number of rotatable bonds is 5. The monoisotopic (exact) mass is 348 g/mol. The van der Waals surface area contributed by atoms with Gasteiger partial charge < -0.3 is 0 Å².